The number of thioether (sulfide) groups is 1. The summed E-state index contributed by atoms with van der Waals surface area (Å²) >= 11 is 1.32. The molecule has 9 heteroatoms. The van der Waals surface area contributed by atoms with Crippen molar-refractivity contribution in [3.05, 3.63) is 84.2 Å². The van der Waals surface area contributed by atoms with Crippen LogP contribution in [0.1, 0.15) is 17.7 Å². The number of amidine groups is 1. The van der Waals surface area contributed by atoms with Gasteiger partial charge < -0.3 is 14.8 Å². The summed E-state index contributed by atoms with van der Waals surface area (Å²) in [6.45, 7) is 0.748. The first-order valence-corrected chi connectivity index (χ1v) is 12.4. The summed E-state index contributed by atoms with van der Waals surface area (Å²) in [4.78, 5) is 36.6. The minimum atomic E-state index is -0.544. The van der Waals surface area contributed by atoms with Crippen molar-refractivity contribution in [2.75, 3.05) is 20.8 Å². The number of benzene rings is 2. The van der Waals surface area contributed by atoms with Crippen molar-refractivity contribution in [2.45, 2.75) is 24.6 Å². The van der Waals surface area contributed by atoms with Crippen molar-refractivity contribution in [2.24, 2.45) is 4.99 Å². The van der Waals surface area contributed by atoms with E-state index in [2.05, 4.69) is 15.3 Å². The average molecular weight is 505 g/mol. The first-order valence-electron chi connectivity index (χ1n) is 11.6. The molecule has 186 valence electrons. The maximum Gasteiger partial charge on any atom is 0.243 e. The summed E-state index contributed by atoms with van der Waals surface area (Å²) in [5.41, 5.74) is 2.52. The molecule has 2 amide bonds. The Hall–Kier alpha value is -3.85. The molecule has 3 aromatic rings. The molecule has 0 bridgehead atoms. The lowest BCUT2D eigenvalue weighted by Crippen LogP contribution is -2.35. The Balaban J connectivity index is 1.39. The highest BCUT2D eigenvalue weighted by atomic mass is 32.2. The van der Waals surface area contributed by atoms with Crippen molar-refractivity contribution >= 4 is 34.4 Å². The van der Waals surface area contributed by atoms with Crippen molar-refractivity contribution in [1.82, 2.24) is 15.2 Å². The van der Waals surface area contributed by atoms with Gasteiger partial charge in [0, 0.05) is 19.2 Å². The summed E-state index contributed by atoms with van der Waals surface area (Å²) in [5, 5.41) is 2.95. The highest BCUT2D eigenvalue weighted by molar-refractivity contribution is 8.15. The largest absolute Gasteiger partial charge is 0.493 e. The van der Waals surface area contributed by atoms with Gasteiger partial charge in [-0.05, 0) is 48.4 Å². The molecule has 0 spiro atoms. The van der Waals surface area contributed by atoms with E-state index >= 15 is 0 Å². The van der Waals surface area contributed by atoms with Gasteiger partial charge in [0.15, 0.2) is 16.7 Å². The van der Waals surface area contributed by atoms with Crippen molar-refractivity contribution in [1.29, 1.82) is 0 Å². The second-order valence-electron chi connectivity index (χ2n) is 8.08. The van der Waals surface area contributed by atoms with Crippen LogP contribution in [0.2, 0.25) is 0 Å². The lowest BCUT2D eigenvalue weighted by Gasteiger charge is -2.16. The number of pyridine rings is 1. The van der Waals surface area contributed by atoms with E-state index in [0.717, 1.165) is 16.9 Å². The van der Waals surface area contributed by atoms with E-state index in [1.165, 1.54) is 11.8 Å². The Morgan fingerprint density at radius 1 is 1.06 bits per heavy atom. The number of rotatable bonds is 10. The van der Waals surface area contributed by atoms with Crippen LogP contribution in [-0.2, 0) is 22.6 Å². The fraction of sp³-hybridized carbons (Fsp3) is 0.259. The van der Waals surface area contributed by atoms with Crippen molar-refractivity contribution < 1.29 is 19.1 Å². The summed E-state index contributed by atoms with van der Waals surface area (Å²) in [7, 11) is 3.18. The second kappa shape index (κ2) is 12.2. The molecule has 4 rings (SSSR count). The fourth-order valence-electron chi connectivity index (χ4n) is 3.76. The zero-order chi connectivity index (χ0) is 25.3. The quantitative estimate of drug-likeness (QED) is 0.449. The Kier molecular flexibility index (Phi) is 8.57. The maximum atomic E-state index is 13.3. The molecule has 2 aromatic carbocycles. The van der Waals surface area contributed by atoms with E-state index in [9.17, 15) is 9.59 Å². The van der Waals surface area contributed by atoms with E-state index in [1.54, 1.807) is 25.3 Å². The third-order valence-electron chi connectivity index (χ3n) is 5.60. The predicted octanol–water partition coefficient (Wildman–Crippen LogP) is 3.98. The highest BCUT2D eigenvalue weighted by Gasteiger charge is 2.39. The number of para-hydroxylation sites is 1. The Bertz CT molecular complexity index is 1220. The van der Waals surface area contributed by atoms with Gasteiger partial charge in [-0.2, -0.15) is 0 Å². The second-order valence-corrected chi connectivity index (χ2v) is 9.25. The van der Waals surface area contributed by atoms with E-state index in [-0.39, 0.29) is 18.2 Å². The number of amides is 2. The molecule has 0 saturated carbocycles. The van der Waals surface area contributed by atoms with Crippen LogP contribution in [-0.4, -0.2) is 52.9 Å². The van der Waals surface area contributed by atoms with Crippen LogP contribution in [0.25, 0.3) is 0 Å². The molecule has 1 N–H and O–H groups in total. The van der Waals surface area contributed by atoms with Crippen molar-refractivity contribution in [3.63, 3.8) is 0 Å². The summed E-state index contributed by atoms with van der Waals surface area (Å²) in [6, 6.07) is 20.7. The first-order chi connectivity index (χ1) is 17.6. The molecule has 0 radical (unpaired) electrons. The number of nitrogens with one attached hydrogen (secondary N) is 1. The molecule has 1 fully saturated rings. The summed E-state index contributed by atoms with van der Waals surface area (Å²) in [5.74, 6) is 0.980. The number of hydrogen-bond donors (Lipinski definition) is 1. The van der Waals surface area contributed by atoms with E-state index < -0.39 is 5.25 Å². The first kappa shape index (κ1) is 25.2. The van der Waals surface area contributed by atoms with Crippen LogP contribution in [0.5, 0.6) is 11.5 Å². The minimum absolute atomic E-state index is 0.0714. The standard InChI is InChI=1S/C27H28N4O4S/c1-34-22-12-11-19(16-23(22)35-2)13-15-29-25(32)17-24-26(33)31(18-21-10-6-7-14-28-21)27(36-24)30-20-8-4-3-5-9-20/h3-12,14,16,24H,13,15,17-18H2,1-2H3,(H,29,32)/t24-/m1/s1. The Morgan fingerprint density at radius 2 is 1.83 bits per heavy atom. The van der Waals surface area contributed by atoms with Gasteiger partial charge in [-0.1, -0.05) is 42.1 Å². The van der Waals surface area contributed by atoms with Crippen molar-refractivity contribution in [3.8, 4) is 11.5 Å². The molecular weight excluding hydrogens is 476 g/mol. The average Bonchev–Trinajstić information content (AvgIpc) is 3.18. The number of methoxy groups -OCH3 is 2. The van der Waals surface area contributed by atoms with Crippen LogP contribution >= 0.6 is 11.8 Å². The van der Waals surface area contributed by atoms with E-state index in [4.69, 9.17) is 9.47 Å². The van der Waals surface area contributed by atoms with E-state index in [1.807, 2.05) is 66.7 Å². The molecule has 36 heavy (non-hydrogen) atoms. The van der Waals surface area contributed by atoms with Gasteiger partial charge in [0.2, 0.25) is 11.8 Å². The molecule has 1 saturated heterocycles. The molecule has 0 aliphatic carbocycles. The normalized spacial score (nSPS) is 16.3. The predicted molar refractivity (Wildman–Crippen MR) is 141 cm³/mol. The third kappa shape index (κ3) is 6.42. The van der Waals surface area contributed by atoms with Crippen LogP contribution in [0.15, 0.2) is 77.9 Å². The van der Waals surface area contributed by atoms with Crippen LogP contribution in [0.3, 0.4) is 0 Å². The van der Waals surface area contributed by atoms with Crippen LogP contribution < -0.4 is 14.8 Å². The van der Waals surface area contributed by atoms with E-state index in [0.29, 0.717) is 36.2 Å². The number of ether oxygens (including phenoxy) is 2. The van der Waals surface area contributed by atoms with Gasteiger partial charge in [0.25, 0.3) is 0 Å². The molecule has 1 aromatic heterocycles. The zero-order valence-electron chi connectivity index (χ0n) is 20.2. The molecule has 1 atom stereocenters. The number of carbonyl (C=O) groups is 2. The van der Waals surface area contributed by atoms with Gasteiger partial charge in [-0.3, -0.25) is 19.5 Å². The van der Waals surface area contributed by atoms with Crippen LogP contribution in [0, 0.1) is 0 Å². The number of nitrogens with zero attached hydrogens (tertiary/aromatic N) is 3. The number of hydrogen-bond acceptors (Lipinski definition) is 7. The van der Waals surface area contributed by atoms with Gasteiger partial charge in [0.05, 0.1) is 32.1 Å². The number of aromatic nitrogens is 1. The monoisotopic (exact) mass is 504 g/mol. The van der Waals surface area contributed by atoms with Gasteiger partial charge in [-0.25, -0.2) is 4.99 Å². The summed E-state index contributed by atoms with van der Waals surface area (Å²) < 4.78 is 10.6. The molecule has 2 heterocycles. The van der Waals surface area contributed by atoms with Gasteiger partial charge in [0.1, 0.15) is 5.25 Å². The van der Waals surface area contributed by atoms with Gasteiger partial charge >= 0.3 is 0 Å². The Morgan fingerprint density at radius 3 is 2.56 bits per heavy atom. The summed E-state index contributed by atoms with van der Waals surface area (Å²) in [6.07, 6.45) is 2.40. The van der Waals surface area contributed by atoms with Gasteiger partial charge in [-0.15, -0.1) is 0 Å². The topological polar surface area (TPSA) is 93.1 Å². The zero-order valence-corrected chi connectivity index (χ0v) is 21.0. The number of carbonyl (C=O) groups excluding carboxylic acids is 2. The molecular formula is C27H28N4O4S. The SMILES string of the molecule is COc1ccc(CCNC(=O)C[C@H]2SC(=Nc3ccccc3)N(Cc3ccccn3)C2=O)cc1OC. The minimum Gasteiger partial charge on any atom is -0.493 e. The maximum absolute atomic E-state index is 13.3. The number of aliphatic imine (C=N–C) groups is 1. The fourth-order valence-corrected chi connectivity index (χ4v) is 4.92. The highest BCUT2D eigenvalue weighted by Crippen LogP contribution is 2.32. The molecule has 0 unspecified atom stereocenters. The third-order valence-corrected chi connectivity index (χ3v) is 6.78. The molecule has 8 nitrogen and oxygen atoms in total. The lowest BCUT2D eigenvalue weighted by atomic mass is 10.1. The lowest BCUT2D eigenvalue weighted by molar-refractivity contribution is -0.129. The molecule has 1 aliphatic rings. The molecule has 1 aliphatic heterocycles. The Labute approximate surface area is 214 Å². The smallest absolute Gasteiger partial charge is 0.243 e. The van der Waals surface area contributed by atoms with Crippen LogP contribution in [0.4, 0.5) is 5.69 Å².